The van der Waals surface area contributed by atoms with Gasteiger partial charge in [0.2, 0.25) is 11.8 Å². The molecule has 1 aliphatic carbocycles. The minimum absolute atomic E-state index is 0.0382. The van der Waals surface area contributed by atoms with Crippen LogP contribution < -0.4 is 15.0 Å². The summed E-state index contributed by atoms with van der Waals surface area (Å²) in [6.07, 6.45) is 6.64. The SMILES string of the molecule is COc1cccc(N2C[C@H](C(=O)Nc3ccccc3CN(C)C3CCCCC3)CC2=O)c1. The molecule has 1 heterocycles. The van der Waals surface area contributed by atoms with Gasteiger partial charge in [-0.1, -0.05) is 43.5 Å². The highest BCUT2D eigenvalue weighted by Gasteiger charge is 2.35. The van der Waals surface area contributed by atoms with Gasteiger partial charge in [0.15, 0.2) is 0 Å². The summed E-state index contributed by atoms with van der Waals surface area (Å²) in [6, 6.07) is 16.0. The lowest BCUT2D eigenvalue weighted by Gasteiger charge is -2.31. The average Bonchev–Trinajstić information content (AvgIpc) is 3.22. The molecule has 2 amide bonds. The van der Waals surface area contributed by atoms with E-state index in [2.05, 4.69) is 23.3 Å². The van der Waals surface area contributed by atoms with Crippen LogP contribution >= 0.6 is 0 Å². The van der Waals surface area contributed by atoms with E-state index >= 15 is 0 Å². The fourth-order valence-electron chi connectivity index (χ4n) is 4.85. The second kappa shape index (κ2) is 10.2. The highest BCUT2D eigenvalue weighted by atomic mass is 16.5. The first-order valence-corrected chi connectivity index (χ1v) is 11.6. The maximum atomic E-state index is 13.1. The number of rotatable bonds is 7. The molecule has 4 rings (SSSR count). The van der Waals surface area contributed by atoms with Crippen molar-refractivity contribution in [3.63, 3.8) is 0 Å². The van der Waals surface area contributed by atoms with Crippen molar-refractivity contribution in [1.29, 1.82) is 0 Å². The van der Waals surface area contributed by atoms with Crippen LogP contribution in [-0.2, 0) is 16.1 Å². The molecule has 1 saturated carbocycles. The summed E-state index contributed by atoms with van der Waals surface area (Å²) in [4.78, 5) is 29.8. The van der Waals surface area contributed by atoms with Gasteiger partial charge in [-0.05, 0) is 43.7 Å². The van der Waals surface area contributed by atoms with Crippen LogP contribution in [0.4, 0.5) is 11.4 Å². The Morgan fingerprint density at radius 3 is 2.69 bits per heavy atom. The fraction of sp³-hybridized carbons (Fsp3) is 0.462. The lowest BCUT2D eigenvalue weighted by Crippen LogP contribution is -2.33. The Kier molecular flexibility index (Phi) is 7.10. The van der Waals surface area contributed by atoms with E-state index in [1.807, 2.05) is 42.5 Å². The lowest BCUT2D eigenvalue weighted by molar-refractivity contribution is -0.122. The molecule has 32 heavy (non-hydrogen) atoms. The second-order valence-corrected chi connectivity index (χ2v) is 8.96. The number of hydrogen-bond donors (Lipinski definition) is 1. The number of anilines is 2. The van der Waals surface area contributed by atoms with Crippen molar-refractivity contribution >= 4 is 23.2 Å². The van der Waals surface area contributed by atoms with Gasteiger partial charge in [0.25, 0.3) is 0 Å². The molecule has 170 valence electrons. The van der Waals surface area contributed by atoms with Crippen molar-refractivity contribution < 1.29 is 14.3 Å². The molecule has 2 aliphatic rings. The van der Waals surface area contributed by atoms with Gasteiger partial charge in [-0.25, -0.2) is 0 Å². The molecule has 1 atom stereocenters. The minimum Gasteiger partial charge on any atom is -0.497 e. The molecule has 2 aromatic carbocycles. The largest absolute Gasteiger partial charge is 0.497 e. The van der Waals surface area contributed by atoms with Gasteiger partial charge in [0, 0.05) is 43.0 Å². The standard InChI is InChI=1S/C26H33N3O3/c1-28(21-10-4-3-5-11-21)17-19-9-6-7-14-24(19)27-26(31)20-15-25(30)29(18-20)22-12-8-13-23(16-22)32-2/h6-9,12-14,16,20-21H,3-5,10-11,15,17-18H2,1-2H3,(H,27,31)/t20-/m1/s1. The third-order valence-electron chi connectivity index (χ3n) is 6.75. The first kappa shape index (κ1) is 22.3. The monoisotopic (exact) mass is 435 g/mol. The Bertz CT molecular complexity index is 955. The molecular formula is C26H33N3O3. The number of methoxy groups -OCH3 is 1. The second-order valence-electron chi connectivity index (χ2n) is 8.96. The van der Waals surface area contributed by atoms with Crippen LogP contribution in [0.3, 0.4) is 0 Å². The summed E-state index contributed by atoms with van der Waals surface area (Å²) in [5, 5.41) is 3.11. The maximum Gasteiger partial charge on any atom is 0.229 e. The van der Waals surface area contributed by atoms with Crippen molar-refractivity contribution in [2.75, 3.05) is 30.9 Å². The Labute approximate surface area is 190 Å². The van der Waals surface area contributed by atoms with E-state index in [9.17, 15) is 9.59 Å². The normalized spacial score (nSPS) is 19.4. The predicted octanol–water partition coefficient (Wildman–Crippen LogP) is 4.45. The van der Waals surface area contributed by atoms with E-state index in [0.717, 1.165) is 23.5 Å². The molecule has 6 heteroatoms. The zero-order chi connectivity index (χ0) is 22.5. The van der Waals surface area contributed by atoms with Crippen LogP contribution in [0.15, 0.2) is 48.5 Å². The molecular weight excluding hydrogens is 402 g/mol. The van der Waals surface area contributed by atoms with Gasteiger partial charge in [-0.3, -0.25) is 14.5 Å². The maximum absolute atomic E-state index is 13.1. The van der Waals surface area contributed by atoms with Crippen molar-refractivity contribution in [3.8, 4) is 5.75 Å². The summed E-state index contributed by atoms with van der Waals surface area (Å²) in [6.45, 7) is 1.18. The summed E-state index contributed by atoms with van der Waals surface area (Å²) < 4.78 is 5.27. The zero-order valence-corrected chi connectivity index (χ0v) is 19.0. The quantitative estimate of drug-likeness (QED) is 0.698. The van der Waals surface area contributed by atoms with Crippen LogP contribution in [0.5, 0.6) is 5.75 Å². The van der Waals surface area contributed by atoms with Gasteiger partial charge >= 0.3 is 0 Å². The van der Waals surface area contributed by atoms with Crippen molar-refractivity contribution in [2.45, 2.75) is 51.1 Å². The molecule has 6 nitrogen and oxygen atoms in total. The highest BCUT2D eigenvalue weighted by Crippen LogP contribution is 2.29. The number of nitrogens with zero attached hydrogens (tertiary/aromatic N) is 2. The first-order valence-electron chi connectivity index (χ1n) is 11.6. The summed E-state index contributed by atoms with van der Waals surface area (Å²) >= 11 is 0. The molecule has 1 saturated heterocycles. The lowest BCUT2D eigenvalue weighted by atomic mass is 9.94. The van der Waals surface area contributed by atoms with Gasteiger partial charge in [0.05, 0.1) is 13.0 Å². The number of hydrogen-bond acceptors (Lipinski definition) is 4. The highest BCUT2D eigenvalue weighted by molar-refractivity contribution is 6.03. The van der Waals surface area contributed by atoms with E-state index in [0.29, 0.717) is 18.3 Å². The third kappa shape index (κ3) is 5.13. The predicted molar refractivity (Wildman–Crippen MR) is 127 cm³/mol. The Hall–Kier alpha value is -2.86. The molecule has 0 unspecified atom stereocenters. The minimum atomic E-state index is -0.377. The van der Waals surface area contributed by atoms with E-state index in [-0.39, 0.29) is 24.2 Å². The topological polar surface area (TPSA) is 61.9 Å². The molecule has 2 fully saturated rings. The average molecular weight is 436 g/mol. The van der Waals surface area contributed by atoms with Gasteiger partial charge < -0.3 is 15.0 Å². The first-order chi connectivity index (χ1) is 15.5. The summed E-state index contributed by atoms with van der Waals surface area (Å²) in [5.41, 5.74) is 2.72. The number of carbonyl (C=O) groups is 2. The number of para-hydroxylation sites is 1. The number of carbonyl (C=O) groups excluding carboxylic acids is 2. The zero-order valence-electron chi connectivity index (χ0n) is 19.0. The molecule has 0 spiro atoms. The molecule has 1 N–H and O–H groups in total. The van der Waals surface area contributed by atoms with Gasteiger partial charge in [0.1, 0.15) is 5.75 Å². The van der Waals surface area contributed by atoms with Crippen LogP contribution in [0.2, 0.25) is 0 Å². The van der Waals surface area contributed by atoms with Gasteiger partial charge in [-0.15, -0.1) is 0 Å². The number of benzene rings is 2. The van der Waals surface area contributed by atoms with Gasteiger partial charge in [-0.2, -0.15) is 0 Å². The molecule has 0 aromatic heterocycles. The number of nitrogens with one attached hydrogen (secondary N) is 1. The van der Waals surface area contributed by atoms with Crippen LogP contribution in [0, 0.1) is 5.92 Å². The van der Waals surface area contributed by atoms with Crippen LogP contribution in [0.25, 0.3) is 0 Å². The molecule has 1 aliphatic heterocycles. The number of ether oxygens (including phenoxy) is 1. The molecule has 0 radical (unpaired) electrons. The van der Waals surface area contributed by atoms with E-state index in [1.165, 1.54) is 32.1 Å². The van der Waals surface area contributed by atoms with Crippen molar-refractivity contribution in [1.82, 2.24) is 4.90 Å². The summed E-state index contributed by atoms with van der Waals surface area (Å²) in [5.74, 6) is 0.178. The van der Waals surface area contributed by atoms with E-state index in [4.69, 9.17) is 4.74 Å². The Balaban J connectivity index is 1.41. The third-order valence-corrected chi connectivity index (χ3v) is 6.75. The summed E-state index contributed by atoms with van der Waals surface area (Å²) in [7, 11) is 3.78. The van der Waals surface area contributed by atoms with Crippen molar-refractivity contribution in [2.24, 2.45) is 5.92 Å². The van der Waals surface area contributed by atoms with Crippen LogP contribution in [-0.4, -0.2) is 43.5 Å². The Morgan fingerprint density at radius 1 is 1.12 bits per heavy atom. The molecule has 0 bridgehead atoms. The molecule has 2 aromatic rings. The smallest absolute Gasteiger partial charge is 0.229 e. The fourth-order valence-corrected chi connectivity index (χ4v) is 4.85. The Morgan fingerprint density at radius 2 is 1.91 bits per heavy atom. The van der Waals surface area contributed by atoms with E-state index < -0.39 is 0 Å². The number of amides is 2. The van der Waals surface area contributed by atoms with Crippen LogP contribution in [0.1, 0.15) is 44.1 Å². The van der Waals surface area contributed by atoms with E-state index in [1.54, 1.807) is 12.0 Å². The van der Waals surface area contributed by atoms with Crippen molar-refractivity contribution in [3.05, 3.63) is 54.1 Å².